The van der Waals surface area contributed by atoms with Gasteiger partial charge < -0.3 is 4.74 Å². The van der Waals surface area contributed by atoms with E-state index in [1.165, 1.54) is 0 Å². The van der Waals surface area contributed by atoms with Crippen LogP contribution in [0, 0.1) is 11.8 Å². The van der Waals surface area contributed by atoms with Crippen molar-refractivity contribution in [1.82, 2.24) is 0 Å². The van der Waals surface area contributed by atoms with Gasteiger partial charge in [-0.1, -0.05) is 47.0 Å². The Balaban J connectivity index is 3.56. The van der Waals surface area contributed by atoms with Crippen LogP contribution >= 0.6 is 0 Å². The molecule has 2 atom stereocenters. The number of esters is 1. The highest BCUT2D eigenvalue weighted by atomic mass is 16.5. The second-order valence-corrected chi connectivity index (χ2v) is 4.67. The van der Waals surface area contributed by atoms with Crippen molar-refractivity contribution < 1.29 is 9.53 Å². The molecule has 0 saturated heterocycles. The van der Waals surface area contributed by atoms with E-state index in [9.17, 15) is 4.79 Å². The fraction of sp³-hybridized carbons (Fsp3) is 0.923. The fourth-order valence-corrected chi connectivity index (χ4v) is 1.75. The average Bonchev–Trinajstić information content (AvgIpc) is 2.15. The van der Waals surface area contributed by atoms with E-state index in [-0.39, 0.29) is 5.97 Å². The predicted molar refractivity (Wildman–Crippen MR) is 63.7 cm³/mol. The van der Waals surface area contributed by atoms with Crippen LogP contribution < -0.4 is 0 Å². The van der Waals surface area contributed by atoms with E-state index in [1.807, 2.05) is 0 Å². The Morgan fingerprint density at radius 3 is 2.13 bits per heavy atom. The molecule has 0 heterocycles. The van der Waals surface area contributed by atoms with Crippen molar-refractivity contribution in [2.45, 2.75) is 59.8 Å². The van der Waals surface area contributed by atoms with Gasteiger partial charge in [0.05, 0.1) is 6.61 Å². The molecule has 2 nitrogen and oxygen atoms in total. The van der Waals surface area contributed by atoms with E-state index >= 15 is 0 Å². The molecular formula is C13H26O2. The molecule has 0 rings (SSSR count). The van der Waals surface area contributed by atoms with Gasteiger partial charge in [0.15, 0.2) is 0 Å². The van der Waals surface area contributed by atoms with Gasteiger partial charge in [-0.05, 0) is 18.3 Å². The SMILES string of the molecule is CCCC(C)COC(=O)CC(C)CCC. The summed E-state index contributed by atoms with van der Waals surface area (Å²) < 4.78 is 5.23. The number of hydrogen-bond acceptors (Lipinski definition) is 2. The van der Waals surface area contributed by atoms with Crippen molar-refractivity contribution in [3.8, 4) is 0 Å². The summed E-state index contributed by atoms with van der Waals surface area (Å²) in [5, 5.41) is 0. The van der Waals surface area contributed by atoms with Crippen LogP contribution in [0.4, 0.5) is 0 Å². The number of ether oxygens (including phenoxy) is 1. The van der Waals surface area contributed by atoms with E-state index in [0.717, 1.165) is 25.7 Å². The number of rotatable bonds is 8. The van der Waals surface area contributed by atoms with Crippen LogP contribution in [0.25, 0.3) is 0 Å². The first kappa shape index (κ1) is 14.5. The zero-order valence-electron chi connectivity index (χ0n) is 10.7. The molecule has 0 aliphatic heterocycles. The van der Waals surface area contributed by atoms with Gasteiger partial charge in [0.25, 0.3) is 0 Å². The molecule has 0 spiro atoms. The molecule has 0 bridgehead atoms. The molecule has 0 amide bonds. The van der Waals surface area contributed by atoms with Crippen molar-refractivity contribution in [1.29, 1.82) is 0 Å². The summed E-state index contributed by atoms with van der Waals surface area (Å²) in [5.74, 6) is 0.934. The minimum absolute atomic E-state index is 0.0288. The van der Waals surface area contributed by atoms with E-state index < -0.39 is 0 Å². The first-order chi connectivity index (χ1) is 7.10. The molecule has 2 heteroatoms. The lowest BCUT2D eigenvalue weighted by Gasteiger charge is -2.13. The lowest BCUT2D eigenvalue weighted by Crippen LogP contribution is -2.14. The third kappa shape index (κ3) is 8.46. The van der Waals surface area contributed by atoms with E-state index in [4.69, 9.17) is 4.74 Å². The zero-order valence-corrected chi connectivity index (χ0v) is 10.7. The number of hydrogen-bond donors (Lipinski definition) is 0. The molecule has 0 aromatic rings. The van der Waals surface area contributed by atoms with Crippen molar-refractivity contribution in [2.24, 2.45) is 11.8 Å². The number of carbonyl (C=O) groups is 1. The fourth-order valence-electron chi connectivity index (χ4n) is 1.75. The smallest absolute Gasteiger partial charge is 0.306 e. The Bertz CT molecular complexity index is 166. The summed E-state index contributed by atoms with van der Waals surface area (Å²) in [6.45, 7) is 9.13. The van der Waals surface area contributed by atoms with Crippen LogP contribution in [0.15, 0.2) is 0 Å². The van der Waals surface area contributed by atoms with Gasteiger partial charge in [-0.25, -0.2) is 0 Å². The van der Waals surface area contributed by atoms with Gasteiger partial charge in [0, 0.05) is 6.42 Å². The second-order valence-electron chi connectivity index (χ2n) is 4.67. The first-order valence-electron chi connectivity index (χ1n) is 6.25. The third-order valence-electron chi connectivity index (χ3n) is 2.61. The normalized spacial score (nSPS) is 14.7. The molecular weight excluding hydrogens is 188 g/mol. The van der Waals surface area contributed by atoms with Crippen LogP contribution in [-0.2, 0) is 9.53 Å². The molecule has 0 radical (unpaired) electrons. The van der Waals surface area contributed by atoms with E-state index in [1.54, 1.807) is 0 Å². The molecule has 15 heavy (non-hydrogen) atoms. The second kappa shape index (κ2) is 8.75. The largest absolute Gasteiger partial charge is 0.465 e. The summed E-state index contributed by atoms with van der Waals surface area (Å²) in [4.78, 5) is 11.4. The third-order valence-corrected chi connectivity index (χ3v) is 2.61. The Kier molecular flexibility index (Phi) is 8.44. The van der Waals surface area contributed by atoms with Gasteiger partial charge in [-0.2, -0.15) is 0 Å². The predicted octanol–water partition coefficient (Wildman–Crippen LogP) is 3.79. The van der Waals surface area contributed by atoms with Gasteiger partial charge in [0.1, 0.15) is 0 Å². The van der Waals surface area contributed by atoms with Gasteiger partial charge in [-0.3, -0.25) is 4.79 Å². The molecule has 0 fully saturated rings. The Labute approximate surface area is 94.4 Å². The van der Waals surface area contributed by atoms with Crippen LogP contribution in [-0.4, -0.2) is 12.6 Å². The highest BCUT2D eigenvalue weighted by molar-refractivity contribution is 5.69. The van der Waals surface area contributed by atoms with E-state index in [0.29, 0.717) is 24.9 Å². The van der Waals surface area contributed by atoms with Crippen LogP contribution in [0.1, 0.15) is 59.8 Å². The maximum atomic E-state index is 11.4. The molecule has 2 unspecified atom stereocenters. The molecule has 0 aromatic heterocycles. The Hall–Kier alpha value is -0.530. The quantitative estimate of drug-likeness (QED) is 0.575. The zero-order chi connectivity index (χ0) is 11.7. The monoisotopic (exact) mass is 214 g/mol. The van der Waals surface area contributed by atoms with Crippen LogP contribution in [0.5, 0.6) is 0 Å². The first-order valence-corrected chi connectivity index (χ1v) is 6.25. The Morgan fingerprint density at radius 1 is 1.07 bits per heavy atom. The lowest BCUT2D eigenvalue weighted by molar-refractivity contribution is -0.146. The minimum Gasteiger partial charge on any atom is -0.465 e. The summed E-state index contributed by atoms with van der Waals surface area (Å²) in [5.41, 5.74) is 0. The summed E-state index contributed by atoms with van der Waals surface area (Å²) in [6, 6.07) is 0. The van der Waals surface area contributed by atoms with Crippen molar-refractivity contribution in [2.75, 3.05) is 6.61 Å². The molecule has 0 aromatic carbocycles. The van der Waals surface area contributed by atoms with Gasteiger partial charge >= 0.3 is 5.97 Å². The summed E-state index contributed by atoms with van der Waals surface area (Å²) in [7, 11) is 0. The summed E-state index contributed by atoms with van der Waals surface area (Å²) in [6.07, 6.45) is 5.12. The topological polar surface area (TPSA) is 26.3 Å². The highest BCUT2D eigenvalue weighted by Gasteiger charge is 2.10. The highest BCUT2D eigenvalue weighted by Crippen LogP contribution is 2.12. The maximum Gasteiger partial charge on any atom is 0.306 e. The molecule has 0 saturated carbocycles. The average molecular weight is 214 g/mol. The molecule has 90 valence electrons. The molecule has 0 aliphatic rings. The van der Waals surface area contributed by atoms with Gasteiger partial charge in [-0.15, -0.1) is 0 Å². The van der Waals surface area contributed by atoms with Crippen molar-refractivity contribution >= 4 is 5.97 Å². The summed E-state index contributed by atoms with van der Waals surface area (Å²) >= 11 is 0. The van der Waals surface area contributed by atoms with Crippen LogP contribution in [0.3, 0.4) is 0 Å². The van der Waals surface area contributed by atoms with Crippen molar-refractivity contribution in [3.05, 3.63) is 0 Å². The molecule has 0 aliphatic carbocycles. The molecule has 0 N–H and O–H groups in total. The van der Waals surface area contributed by atoms with Crippen molar-refractivity contribution in [3.63, 3.8) is 0 Å². The number of carbonyl (C=O) groups excluding carboxylic acids is 1. The van der Waals surface area contributed by atoms with Crippen LogP contribution in [0.2, 0.25) is 0 Å². The lowest BCUT2D eigenvalue weighted by atomic mass is 10.0. The maximum absolute atomic E-state index is 11.4. The minimum atomic E-state index is -0.0288. The Morgan fingerprint density at radius 2 is 1.60 bits per heavy atom. The van der Waals surface area contributed by atoms with Gasteiger partial charge in [0.2, 0.25) is 0 Å². The van der Waals surface area contributed by atoms with E-state index in [2.05, 4.69) is 27.7 Å². The standard InChI is InChI=1S/C13H26O2/c1-5-7-11(3)9-13(14)15-10-12(4)8-6-2/h11-12H,5-10H2,1-4H3.